The minimum atomic E-state index is -0.464. The van der Waals surface area contributed by atoms with E-state index in [1.807, 2.05) is 37.3 Å². The molecule has 0 aliphatic heterocycles. The topological polar surface area (TPSA) is 70.6 Å². The number of hydrogen-bond acceptors (Lipinski definition) is 5. The van der Waals surface area contributed by atoms with Crippen molar-refractivity contribution in [3.63, 3.8) is 0 Å². The van der Waals surface area contributed by atoms with E-state index in [9.17, 15) is 9.90 Å². The largest absolute Gasteiger partial charge is 0.505 e. The Morgan fingerprint density at radius 2 is 1.76 bits per heavy atom. The van der Waals surface area contributed by atoms with Gasteiger partial charge in [0.05, 0.1) is 17.2 Å². The number of benzene rings is 2. The summed E-state index contributed by atoms with van der Waals surface area (Å²) in [7, 11) is 1.34. The molecule has 0 atom stereocenters. The van der Waals surface area contributed by atoms with Crippen LogP contribution in [0, 0.1) is 6.92 Å². The van der Waals surface area contributed by atoms with Gasteiger partial charge in [0, 0.05) is 16.1 Å². The van der Waals surface area contributed by atoms with Crippen molar-refractivity contribution in [1.82, 2.24) is 0 Å². The van der Waals surface area contributed by atoms with Gasteiger partial charge in [-0.3, -0.25) is 0 Å². The van der Waals surface area contributed by atoms with Crippen LogP contribution in [0.2, 0.25) is 10.0 Å². The molecule has 3 rings (SSSR count). The summed E-state index contributed by atoms with van der Waals surface area (Å²) in [6, 6.07) is 12.6. The van der Waals surface area contributed by atoms with Crippen molar-refractivity contribution >= 4 is 68.5 Å². The SMILES string of the molecule is COC(=O)c1c(NC(=S)Nc2cc(Cl)c(O)c(Cl)c2)sc(C)c1-c1ccccc1. The average Bonchev–Trinajstić information content (AvgIpc) is 3.01. The highest BCUT2D eigenvalue weighted by Crippen LogP contribution is 2.40. The van der Waals surface area contributed by atoms with Crippen molar-refractivity contribution in [1.29, 1.82) is 0 Å². The normalized spacial score (nSPS) is 10.5. The molecule has 0 fully saturated rings. The van der Waals surface area contributed by atoms with Gasteiger partial charge in [-0.15, -0.1) is 11.3 Å². The van der Waals surface area contributed by atoms with E-state index < -0.39 is 5.97 Å². The Morgan fingerprint density at radius 3 is 2.34 bits per heavy atom. The summed E-state index contributed by atoms with van der Waals surface area (Å²) >= 11 is 18.7. The molecule has 3 aromatic rings. The van der Waals surface area contributed by atoms with E-state index in [1.165, 1.54) is 30.6 Å². The second kappa shape index (κ2) is 9.00. The molecule has 2 aromatic carbocycles. The number of phenolic OH excluding ortho intramolecular Hbond substituents is 1. The minimum absolute atomic E-state index is 0.0939. The molecule has 29 heavy (non-hydrogen) atoms. The summed E-state index contributed by atoms with van der Waals surface area (Å²) in [6.45, 7) is 1.93. The van der Waals surface area contributed by atoms with E-state index in [2.05, 4.69) is 10.6 Å². The van der Waals surface area contributed by atoms with E-state index in [0.29, 0.717) is 16.3 Å². The summed E-state index contributed by atoms with van der Waals surface area (Å²) in [5, 5.41) is 16.6. The highest BCUT2D eigenvalue weighted by molar-refractivity contribution is 7.80. The Hall–Kier alpha value is -2.32. The lowest BCUT2D eigenvalue weighted by atomic mass is 10.0. The molecule has 0 radical (unpaired) electrons. The summed E-state index contributed by atoms with van der Waals surface area (Å²) in [6.07, 6.45) is 0. The van der Waals surface area contributed by atoms with Gasteiger partial charge in [-0.1, -0.05) is 53.5 Å². The van der Waals surface area contributed by atoms with Gasteiger partial charge >= 0.3 is 5.97 Å². The third-order valence-electron chi connectivity index (χ3n) is 4.04. The van der Waals surface area contributed by atoms with Gasteiger partial charge in [0.2, 0.25) is 0 Å². The molecular weight excluding hydrogens is 451 g/mol. The third-order valence-corrected chi connectivity index (χ3v) is 5.84. The van der Waals surface area contributed by atoms with E-state index in [4.69, 9.17) is 40.2 Å². The number of hydrogen-bond donors (Lipinski definition) is 3. The number of rotatable bonds is 4. The molecule has 5 nitrogen and oxygen atoms in total. The Kier molecular flexibility index (Phi) is 6.64. The van der Waals surface area contributed by atoms with Gasteiger partial charge in [0.25, 0.3) is 0 Å². The number of carbonyl (C=O) groups is 1. The van der Waals surface area contributed by atoms with Crippen LogP contribution in [-0.4, -0.2) is 23.3 Å². The monoisotopic (exact) mass is 466 g/mol. The van der Waals surface area contributed by atoms with Gasteiger partial charge < -0.3 is 20.5 Å². The van der Waals surface area contributed by atoms with Gasteiger partial charge in [0.1, 0.15) is 10.6 Å². The van der Waals surface area contributed by atoms with Crippen molar-refractivity contribution in [2.75, 3.05) is 17.7 Å². The summed E-state index contributed by atoms with van der Waals surface area (Å²) < 4.78 is 5.00. The Balaban J connectivity index is 1.93. The maximum atomic E-state index is 12.5. The molecule has 0 saturated heterocycles. The van der Waals surface area contributed by atoms with Gasteiger partial charge in [-0.2, -0.15) is 0 Å². The molecule has 9 heteroatoms. The first-order chi connectivity index (χ1) is 13.8. The average molecular weight is 467 g/mol. The van der Waals surface area contributed by atoms with E-state index in [1.54, 1.807) is 0 Å². The fraction of sp³-hybridized carbons (Fsp3) is 0.100. The van der Waals surface area contributed by atoms with Gasteiger partial charge in [-0.25, -0.2) is 4.79 Å². The van der Waals surface area contributed by atoms with Crippen molar-refractivity contribution in [2.45, 2.75) is 6.92 Å². The van der Waals surface area contributed by atoms with Crippen molar-refractivity contribution in [3.8, 4) is 16.9 Å². The molecule has 0 bridgehead atoms. The van der Waals surface area contributed by atoms with Crippen LogP contribution in [0.5, 0.6) is 5.75 Å². The summed E-state index contributed by atoms with van der Waals surface area (Å²) in [4.78, 5) is 13.5. The lowest BCUT2D eigenvalue weighted by Gasteiger charge is -2.12. The maximum Gasteiger partial charge on any atom is 0.341 e. The molecule has 0 aliphatic carbocycles. The fourth-order valence-electron chi connectivity index (χ4n) is 2.79. The number of nitrogens with one attached hydrogen (secondary N) is 2. The van der Waals surface area contributed by atoms with Gasteiger partial charge in [-0.05, 0) is 36.8 Å². The van der Waals surface area contributed by atoms with E-state index in [-0.39, 0.29) is 20.9 Å². The number of anilines is 2. The lowest BCUT2D eigenvalue weighted by Crippen LogP contribution is -2.20. The van der Waals surface area contributed by atoms with E-state index >= 15 is 0 Å². The zero-order valence-corrected chi connectivity index (χ0v) is 18.5. The van der Waals surface area contributed by atoms with Gasteiger partial charge in [0.15, 0.2) is 10.9 Å². The number of methoxy groups -OCH3 is 1. The number of thiophene rings is 1. The predicted molar refractivity (Wildman–Crippen MR) is 124 cm³/mol. The Labute approximate surface area is 187 Å². The standard InChI is InChI=1S/C20H16Cl2N2O3S2/c1-10-15(11-6-4-3-5-7-11)16(19(26)27-2)18(29-10)24-20(28)23-12-8-13(21)17(25)14(22)9-12/h3-9,25H,1-2H3,(H2,23,24,28). The molecule has 150 valence electrons. The second-order valence-corrected chi connectivity index (χ2v) is 8.41. The first-order valence-corrected chi connectivity index (χ1v) is 10.3. The molecular formula is C20H16Cl2N2O3S2. The molecule has 1 aromatic heterocycles. The van der Waals surface area contributed by atoms with Crippen molar-refractivity contribution in [2.24, 2.45) is 0 Å². The first kappa shape index (κ1) is 21.4. The molecule has 0 amide bonds. The van der Waals surface area contributed by atoms with Crippen LogP contribution in [0.1, 0.15) is 15.2 Å². The number of aromatic hydroxyl groups is 1. The first-order valence-electron chi connectivity index (χ1n) is 8.35. The molecule has 1 heterocycles. The lowest BCUT2D eigenvalue weighted by molar-refractivity contribution is 0.0603. The fourth-order valence-corrected chi connectivity index (χ4v) is 4.63. The minimum Gasteiger partial charge on any atom is -0.505 e. The molecule has 0 unspecified atom stereocenters. The Bertz CT molecular complexity index is 1060. The van der Waals surface area contributed by atoms with Crippen LogP contribution in [0.15, 0.2) is 42.5 Å². The highest BCUT2D eigenvalue weighted by atomic mass is 35.5. The quantitative estimate of drug-likeness (QED) is 0.237. The highest BCUT2D eigenvalue weighted by Gasteiger charge is 2.24. The molecule has 0 spiro atoms. The summed E-state index contributed by atoms with van der Waals surface area (Å²) in [5.41, 5.74) is 2.60. The van der Waals surface area contributed by atoms with E-state index in [0.717, 1.165) is 16.0 Å². The van der Waals surface area contributed by atoms with Crippen LogP contribution in [-0.2, 0) is 4.74 Å². The van der Waals surface area contributed by atoms with Crippen LogP contribution in [0.25, 0.3) is 11.1 Å². The van der Waals surface area contributed by atoms with Crippen molar-refractivity contribution in [3.05, 3.63) is 63.0 Å². The smallest absolute Gasteiger partial charge is 0.341 e. The Morgan fingerprint density at radius 1 is 1.14 bits per heavy atom. The number of esters is 1. The number of phenols is 1. The molecule has 0 saturated carbocycles. The molecule has 3 N–H and O–H groups in total. The number of halogens is 2. The number of aryl methyl sites for hydroxylation is 1. The number of ether oxygens (including phenoxy) is 1. The maximum absolute atomic E-state index is 12.5. The van der Waals surface area contributed by atoms with Crippen molar-refractivity contribution < 1.29 is 14.6 Å². The van der Waals surface area contributed by atoms with Crippen LogP contribution in [0.3, 0.4) is 0 Å². The second-order valence-electron chi connectivity index (χ2n) is 5.96. The van der Waals surface area contributed by atoms with Crippen LogP contribution in [0.4, 0.5) is 10.7 Å². The molecule has 0 aliphatic rings. The van der Waals surface area contributed by atoms with Crippen LogP contribution < -0.4 is 10.6 Å². The van der Waals surface area contributed by atoms with Crippen LogP contribution >= 0.6 is 46.8 Å². The zero-order chi connectivity index (χ0) is 21.1. The summed E-state index contributed by atoms with van der Waals surface area (Å²) in [5.74, 6) is -0.665. The number of carbonyl (C=O) groups excluding carboxylic acids is 1. The number of thiocarbonyl (C=S) groups is 1. The third kappa shape index (κ3) is 4.64. The zero-order valence-electron chi connectivity index (χ0n) is 15.4. The predicted octanol–water partition coefficient (Wildman–Crippen LogP) is 6.33.